The molecule has 0 aliphatic rings. The molecule has 0 aromatic rings. The van der Waals surface area contributed by atoms with E-state index in [2.05, 4.69) is 0 Å². The number of aliphatic carboxylic acids is 1. The molecule has 0 aromatic heterocycles. The minimum atomic E-state index is -2.97. The number of hydrogen-bond donors (Lipinski definition) is 1. The van der Waals surface area contributed by atoms with Crippen molar-refractivity contribution in [3.05, 3.63) is 0 Å². The fourth-order valence-corrected chi connectivity index (χ4v) is 1.73. The van der Waals surface area contributed by atoms with Crippen LogP contribution in [-0.2, 0) is 14.6 Å². The highest BCUT2D eigenvalue weighted by Crippen LogP contribution is 2.00. The lowest BCUT2D eigenvalue weighted by Crippen LogP contribution is -2.35. The summed E-state index contributed by atoms with van der Waals surface area (Å²) in [6.07, 6.45) is 1.18. The monoisotopic (exact) mass is 237 g/mol. The topological polar surface area (TPSA) is 74.7 Å². The first-order valence-corrected chi connectivity index (χ1v) is 6.95. The zero-order valence-corrected chi connectivity index (χ0v) is 10.2. The molecule has 0 saturated carbocycles. The predicted molar refractivity (Wildman–Crippen MR) is 58.6 cm³/mol. The van der Waals surface area contributed by atoms with Gasteiger partial charge in [0.15, 0.2) is 0 Å². The van der Waals surface area contributed by atoms with Gasteiger partial charge in [0.1, 0.15) is 9.84 Å². The molecule has 0 aromatic carbocycles. The summed E-state index contributed by atoms with van der Waals surface area (Å²) < 4.78 is 21.9. The zero-order chi connectivity index (χ0) is 12.1. The molecule has 0 bridgehead atoms. The Morgan fingerprint density at radius 2 is 2.00 bits per heavy atom. The molecule has 0 saturated heterocycles. The van der Waals surface area contributed by atoms with E-state index in [0.29, 0.717) is 19.6 Å². The van der Waals surface area contributed by atoms with Crippen molar-refractivity contribution in [3.8, 4) is 0 Å². The average Bonchev–Trinajstić information content (AvgIpc) is 2.10. The second kappa shape index (κ2) is 6.07. The van der Waals surface area contributed by atoms with Crippen molar-refractivity contribution in [2.24, 2.45) is 5.92 Å². The van der Waals surface area contributed by atoms with E-state index >= 15 is 0 Å². The van der Waals surface area contributed by atoms with Crippen LogP contribution < -0.4 is 0 Å². The zero-order valence-electron chi connectivity index (χ0n) is 9.43. The number of carboxylic acids is 1. The van der Waals surface area contributed by atoms with Crippen molar-refractivity contribution in [2.75, 3.05) is 31.6 Å². The normalized spacial score (nSPS) is 14.1. The molecule has 0 aliphatic carbocycles. The van der Waals surface area contributed by atoms with Gasteiger partial charge in [-0.1, -0.05) is 13.8 Å². The molecule has 0 radical (unpaired) electrons. The molecule has 0 fully saturated rings. The third-order valence-electron chi connectivity index (χ3n) is 2.18. The van der Waals surface area contributed by atoms with E-state index in [1.807, 2.05) is 11.8 Å². The molecule has 1 atom stereocenters. The van der Waals surface area contributed by atoms with Gasteiger partial charge in [0.2, 0.25) is 0 Å². The highest BCUT2D eigenvalue weighted by atomic mass is 32.2. The van der Waals surface area contributed by atoms with Crippen LogP contribution in [0.15, 0.2) is 0 Å². The van der Waals surface area contributed by atoms with Crippen LogP contribution in [0.3, 0.4) is 0 Å². The van der Waals surface area contributed by atoms with Gasteiger partial charge in [-0.15, -0.1) is 0 Å². The molecule has 0 spiro atoms. The third kappa shape index (κ3) is 7.33. The minimum Gasteiger partial charge on any atom is -0.481 e. The summed E-state index contributed by atoms with van der Waals surface area (Å²) in [4.78, 5) is 12.4. The van der Waals surface area contributed by atoms with Crippen LogP contribution in [0.2, 0.25) is 0 Å². The van der Waals surface area contributed by atoms with Gasteiger partial charge in [-0.05, 0) is 6.54 Å². The number of hydrogen-bond acceptors (Lipinski definition) is 4. The highest BCUT2D eigenvalue weighted by molar-refractivity contribution is 7.90. The lowest BCUT2D eigenvalue weighted by Gasteiger charge is -2.21. The fraction of sp³-hybridized carbons (Fsp3) is 0.889. The highest BCUT2D eigenvalue weighted by Gasteiger charge is 2.16. The summed E-state index contributed by atoms with van der Waals surface area (Å²) >= 11 is 0. The van der Waals surface area contributed by atoms with Gasteiger partial charge in [0, 0.05) is 19.3 Å². The quantitative estimate of drug-likeness (QED) is 0.678. The standard InChI is InChI=1S/C9H19NO4S/c1-4-10(5-6-15(3,13)14)7-8(2)9(11)12/h8H,4-7H2,1-3H3,(H,11,12). The first-order valence-electron chi connectivity index (χ1n) is 4.89. The van der Waals surface area contributed by atoms with Crippen LogP contribution in [-0.4, -0.2) is 56.0 Å². The fourth-order valence-electron chi connectivity index (χ4n) is 1.14. The maximum Gasteiger partial charge on any atom is 0.307 e. The van der Waals surface area contributed by atoms with E-state index < -0.39 is 21.7 Å². The summed E-state index contributed by atoms with van der Waals surface area (Å²) in [5, 5.41) is 8.71. The summed E-state index contributed by atoms with van der Waals surface area (Å²) in [7, 11) is -2.97. The molecule has 1 unspecified atom stereocenters. The minimum absolute atomic E-state index is 0.0766. The first-order chi connectivity index (χ1) is 6.76. The molecule has 6 heteroatoms. The molecule has 0 heterocycles. The Bertz CT molecular complexity index is 299. The summed E-state index contributed by atoms with van der Waals surface area (Å²) in [5.41, 5.74) is 0. The molecule has 1 N–H and O–H groups in total. The maximum absolute atomic E-state index is 10.9. The van der Waals surface area contributed by atoms with E-state index in [1.54, 1.807) is 6.92 Å². The second-order valence-corrected chi connectivity index (χ2v) is 6.02. The van der Waals surface area contributed by atoms with Crippen molar-refractivity contribution in [3.63, 3.8) is 0 Å². The molecular formula is C9H19NO4S. The Morgan fingerprint density at radius 1 is 1.47 bits per heavy atom. The molecule has 5 nitrogen and oxygen atoms in total. The van der Waals surface area contributed by atoms with Crippen LogP contribution >= 0.6 is 0 Å². The van der Waals surface area contributed by atoms with Gasteiger partial charge in [-0.2, -0.15) is 0 Å². The second-order valence-electron chi connectivity index (χ2n) is 3.76. The summed E-state index contributed by atoms with van der Waals surface area (Å²) in [6.45, 7) is 4.95. The van der Waals surface area contributed by atoms with Crippen LogP contribution in [0, 0.1) is 5.92 Å². The van der Waals surface area contributed by atoms with Crippen molar-refractivity contribution in [1.29, 1.82) is 0 Å². The van der Waals surface area contributed by atoms with Crippen LogP contribution in [0.25, 0.3) is 0 Å². The Hall–Kier alpha value is -0.620. The van der Waals surface area contributed by atoms with Gasteiger partial charge in [0.05, 0.1) is 11.7 Å². The molecule has 0 amide bonds. The van der Waals surface area contributed by atoms with Crippen LogP contribution in [0.4, 0.5) is 0 Å². The van der Waals surface area contributed by atoms with Crippen molar-refractivity contribution in [1.82, 2.24) is 4.90 Å². The number of carboxylic acid groups (broad SMARTS) is 1. The number of nitrogens with zero attached hydrogens (tertiary/aromatic N) is 1. The van der Waals surface area contributed by atoms with Gasteiger partial charge >= 0.3 is 5.97 Å². The maximum atomic E-state index is 10.9. The first kappa shape index (κ1) is 14.4. The van der Waals surface area contributed by atoms with Crippen molar-refractivity contribution < 1.29 is 18.3 Å². The summed E-state index contributed by atoms with van der Waals surface area (Å²) in [6, 6.07) is 0. The number of sulfone groups is 1. The summed E-state index contributed by atoms with van der Waals surface area (Å²) in [5.74, 6) is -1.25. The average molecular weight is 237 g/mol. The predicted octanol–water partition coefficient (Wildman–Crippen LogP) is 0.0736. The van der Waals surface area contributed by atoms with Crippen LogP contribution in [0.1, 0.15) is 13.8 Å². The number of carbonyl (C=O) groups is 1. The van der Waals surface area contributed by atoms with E-state index in [1.165, 1.54) is 6.26 Å². The van der Waals surface area contributed by atoms with E-state index in [0.717, 1.165) is 0 Å². The van der Waals surface area contributed by atoms with Crippen molar-refractivity contribution >= 4 is 15.8 Å². The van der Waals surface area contributed by atoms with Crippen molar-refractivity contribution in [2.45, 2.75) is 13.8 Å². The lowest BCUT2D eigenvalue weighted by molar-refractivity contribution is -0.141. The van der Waals surface area contributed by atoms with Gasteiger partial charge in [-0.3, -0.25) is 4.79 Å². The van der Waals surface area contributed by atoms with Gasteiger partial charge in [0.25, 0.3) is 0 Å². The van der Waals surface area contributed by atoms with E-state index in [9.17, 15) is 13.2 Å². The van der Waals surface area contributed by atoms with Gasteiger partial charge < -0.3 is 10.0 Å². The Kier molecular flexibility index (Phi) is 5.82. The Labute approximate surface area is 91.0 Å². The number of rotatable bonds is 7. The molecule has 90 valence electrons. The third-order valence-corrected chi connectivity index (χ3v) is 3.10. The molecule has 0 rings (SSSR count). The van der Waals surface area contributed by atoms with E-state index in [-0.39, 0.29) is 5.75 Å². The lowest BCUT2D eigenvalue weighted by atomic mass is 10.2. The SMILES string of the molecule is CCN(CCS(C)(=O)=O)CC(C)C(=O)O. The molecule has 0 aliphatic heterocycles. The molecular weight excluding hydrogens is 218 g/mol. The Morgan fingerprint density at radius 3 is 2.33 bits per heavy atom. The largest absolute Gasteiger partial charge is 0.481 e. The Balaban J connectivity index is 4.10. The van der Waals surface area contributed by atoms with Crippen LogP contribution in [0.5, 0.6) is 0 Å². The van der Waals surface area contributed by atoms with Gasteiger partial charge in [-0.25, -0.2) is 8.42 Å². The molecule has 15 heavy (non-hydrogen) atoms. The van der Waals surface area contributed by atoms with E-state index in [4.69, 9.17) is 5.11 Å². The smallest absolute Gasteiger partial charge is 0.307 e.